The summed E-state index contributed by atoms with van der Waals surface area (Å²) in [6, 6.07) is 12.4. The van der Waals surface area contributed by atoms with Crippen molar-refractivity contribution in [2.75, 3.05) is 13.2 Å². The van der Waals surface area contributed by atoms with Crippen LogP contribution >= 0.6 is 23.2 Å². The first-order valence-corrected chi connectivity index (χ1v) is 7.24. The van der Waals surface area contributed by atoms with Crippen LogP contribution in [0.4, 0.5) is 0 Å². The summed E-state index contributed by atoms with van der Waals surface area (Å²) >= 11 is 11.9. The summed E-state index contributed by atoms with van der Waals surface area (Å²) in [6.07, 6.45) is 0. The van der Waals surface area contributed by atoms with Gasteiger partial charge < -0.3 is 10.1 Å². The van der Waals surface area contributed by atoms with Crippen LogP contribution in [0.5, 0.6) is 5.75 Å². The Kier molecular flexibility index (Phi) is 5.48. The van der Waals surface area contributed by atoms with E-state index in [0.29, 0.717) is 34.5 Å². The number of aryl methyl sites for hydroxylation is 1. The number of amides is 1. The number of carbonyl (C=O) groups is 1. The van der Waals surface area contributed by atoms with Gasteiger partial charge in [-0.05, 0) is 42.8 Å². The summed E-state index contributed by atoms with van der Waals surface area (Å²) in [6.45, 7) is 2.69. The van der Waals surface area contributed by atoms with Crippen molar-refractivity contribution in [2.45, 2.75) is 6.92 Å². The van der Waals surface area contributed by atoms with Crippen molar-refractivity contribution in [2.24, 2.45) is 0 Å². The highest BCUT2D eigenvalue weighted by Crippen LogP contribution is 2.24. The van der Waals surface area contributed by atoms with Gasteiger partial charge in [0.15, 0.2) is 0 Å². The molecule has 0 fully saturated rings. The zero-order valence-corrected chi connectivity index (χ0v) is 13.0. The molecule has 0 spiro atoms. The van der Waals surface area contributed by atoms with Crippen molar-refractivity contribution < 1.29 is 9.53 Å². The predicted molar refractivity (Wildman–Crippen MR) is 85.5 cm³/mol. The number of rotatable bonds is 5. The average Bonchev–Trinajstić information content (AvgIpc) is 2.46. The maximum absolute atomic E-state index is 11.9. The first-order valence-electron chi connectivity index (χ1n) is 6.49. The number of carbonyl (C=O) groups excluding carboxylic acids is 1. The van der Waals surface area contributed by atoms with E-state index >= 15 is 0 Å². The predicted octanol–water partition coefficient (Wildman–Crippen LogP) is 4.11. The van der Waals surface area contributed by atoms with E-state index in [-0.39, 0.29) is 5.91 Å². The van der Waals surface area contributed by atoms with Crippen LogP contribution in [0.3, 0.4) is 0 Å². The number of hydrogen-bond donors (Lipinski definition) is 1. The van der Waals surface area contributed by atoms with Gasteiger partial charge in [0.25, 0.3) is 5.91 Å². The molecule has 0 aliphatic rings. The molecular weight excluding hydrogens is 309 g/mol. The van der Waals surface area contributed by atoms with E-state index in [2.05, 4.69) is 5.32 Å². The van der Waals surface area contributed by atoms with Crippen molar-refractivity contribution in [3.8, 4) is 5.75 Å². The van der Waals surface area contributed by atoms with E-state index in [1.165, 1.54) is 0 Å². The van der Waals surface area contributed by atoms with E-state index in [9.17, 15) is 4.79 Å². The summed E-state index contributed by atoms with van der Waals surface area (Å²) in [7, 11) is 0. The van der Waals surface area contributed by atoms with Crippen LogP contribution in [-0.4, -0.2) is 19.1 Å². The van der Waals surface area contributed by atoms with Crippen LogP contribution in [0.1, 0.15) is 15.9 Å². The molecular formula is C16H15Cl2NO2. The summed E-state index contributed by atoms with van der Waals surface area (Å²) in [4.78, 5) is 11.9. The molecule has 0 heterocycles. The topological polar surface area (TPSA) is 38.3 Å². The van der Waals surface area contributed by atoms with E-state index in [1.807, 2.05) is 19.1 Å². The maximum atomic E-state index is 11.9. The van der Waals surface area contributed by atoms with Crippen LogP contribution in [0.2, 0.25) is 10.0 Å². The molecule has 2 aromatic carbocycles. The lowest BCUT2D eigenvalue weighted by atomic mass is 10.2. The quantitative estimate of drug-likeness (QED) is 0.841. The molecule has 0 aromatic heterocycles. The highest BCUT2D eigenvalue weighted by atomic mass is 35.5. The maximum Gasteiger partial charge on any atom is 0.251 e. The summed E-state index contributed by atoms with van der Waals surface area (Å²) < 4.78 is 5.55. The number of halogens is 2. The minimum Gasteiger partial charge on any atom is -0.490 e. The number of hydrogen-bond acceptors (Lipinski definition) is 2. The Morgan fingerprint density at radius 1 is 1.19 bits per heavy atom. The first-order chi connectivity index (χ1) is 10.1. The normalized spacial score (nSPS) is 10.2. The molecule has 0 aliphatic heterocycles. The molecule has 1 N–H and O–H groups in total. The van der Waals surface area contributed by atoms with Gasteiger partial charge in [-0.1, -0.05) is 35.3 Å². The Bertz CT molecular complexity index is 644. The Morgan fingerprint density at radius 3 is 2.76 bits per heavy atom. The molecule has 110 valence electrons. The van der Waals surface area contributed by atoms with Crippen LogP contribution in [0, 0.1) is 6.92 Å². The van der Waals surface area contributed by atoms with Crippen LogP contribution in [0.15, 0.2) is 42.5 Å². The Morgan fingerprint density at radius 2 is 2.00 bits per heavy atom. The minimum absolute atomic E-state index is 0.184. The van der Waals surface area contributed by atoms with Gasteiger partial charge in [-0.3, -0.25) is 4.79 Å². The van der Waals surface area contributed by atoms with Gasteiger partial charge in [-0.25, -0.2) is 0 Å². The molecule has 5 heteroatoms. The third kappa shape index (κ3) is 4.66. The van der Waals surface area contributed by atoms with Crippen molar-refractivity contribution in [1.29, 1.82) is 0 Å². The summed E-state index contributed by atoms with van der Waals surface area (Å²) in [5, 5.41) is 3.85. The molecule has 0 bridgehead atoms. The highest BCUT2D eigenvalue weighted by molar-refractivity contribution is 6.32. The summed E-state index contributed by atoms with van der Waals surface area (Å²) in [5.41, 5.74) is 1.59. The van der Waals surface area contributed by atoms with E-state index in [1.54, 1.807) is 30.3 Å². The molecule has 3 nitrogen and oxygen atoms in total. The summed E-state index contributed by atoms with van der Waals surface area (Å²) in [5.74, 6) is 0.435. The Balaban J connectivity index is 1.82. The second kappa shape index (κ2) is 7.34. The molecule has 0 saturated carbocycles. The van der Waals surface area contributed by atoms with Gasteiger partial charge in [-0.15, -0.1) is 0 Å². The van der Waals surface area contributed by atoms with Crippen molar-refractivity contribution >= 4 is 29.1 Å². The monoisotopic (exact) mass is 323 g/mol. The van der Waals surface area contributed by atoms with Gasteiger partial charge in [0.2, 0.25) is 0 Å². The fourth-order valence-electron chi connectivity index (χ4n) is 1.78. The smallest absolute Gasteiger partial charge is 0.251 e. The van der Waals surface area contributed by atoms with Crippen LogP contribution in [-0.2, 0) is 0 Å². The lowest BCUT2D eigenvalue weighted by Gasteiger charge is -2.10. The van der Waals surface area contributed by atoms with E-state index in [4.69, 9.17) is 27.9 Å². The second-order valence-electron chi connectivity index (χ2n) is 4.55. The third-order valence-corrected chi connectivity index (χ3v) is 3.37. The van der Waals surface area contributed by atoms with E-state index in [0.717, 1.165) is 5.56 Å². The number of benzene rings is 2. The fourth-order valence-corrected chi connectivity index (χ4v) is 2.14. The molecule has 1 amide bonds. The standard InChI is InChI=1S/C16H15Cl2NO2/c1-11-5-6-14(18)15(9-11)21-8-7-19-16(20)12-3-2-4-13(17)10-12/h2-6,9-10H,7-8H2,1H3,(H,19,20). The highest BCUT2D eigenvalue weighted by Gasteiger charge is 2.06. The van der Waals surface area contributed by atoms with Gasteiger partial charge in [-0.2, -0.15) is 0 Å². The SMILES string of the molecule is Cc1ccc(Cl)c(OCCNC(=O)c2cccc(Cl)c2)c1. The lowest BCUT2D eigenvalue weighted by Crippen LogP contribution is -2.28. The van der Waals surface area contributed by atoms with Gasteiger partial charge in [0.1, 0.15) is 12.4 Å². The zero-order chi connectivity index (χ0) is 15.2. The van der Waals surface area contributed by atoms with Crippen LogP contribution in [0.25, 0.3) is 0 Å². The minimum atomic E-state index is -0.184. The second-order valence-corrected chi connectivity index (χ2v) is 5.39. The van der Waals surface area contributed by atoms with Crippen molar-refractivity contribution in [1.82, 2.24) is 5.32 Å². The van der Waals surface area contributed by atoms with Crippen molar-refractivity contribution in [3.63, 3.8) is 0 Å². The molecule has 0 saturated heterocycles. The largest absolute Gasteiger partial charge is 0.490 e. The third-order valence-electron chi connectivity index (χ3n) is 2.82. The Hall–Kier alpha value is -1.71. The average molecular weight is 324 g/mol. The molecule has 2 rings (SSSR count). The lowest BCUT2D eigenvalue weighted by molar-refractivity contribution is 0.0947. The Labute approximate surface area is 133 Å². The molecule has 21 heavy (non-hydrogen) atoms. The number of nitrogens with one attached hydrogen (secondary N) is 1. The molecule has 0 aliphatic carbocycles. The molecule has 0 radical (unpaired) electrons. The number of ether oxygens (including phenoxy) is 1. The van der Waals surface area contributed by atoms with Gasteiger partial charge >= 0.3 is 0 Å². The molecule has 0 unspecified atom stereocenters. The van der Waals surface area contributed by atoms with Gasteiger partial charge in [0, 0.05) is 10.6 Å². The van der Waals surface area contributed by atoms with Crippen molar-refractivity contribution in [3.05, 3.63) is 63.6 Å². The van der Waals surface area contributed by atoms with Gasteiger partial charge in [0.05, 0.1) is 11.6 Å². The van der Waals surface area contributed by atoms with Crippen LogP contribution < -0.4 is 10.1 Å². The van der Waals surface area contributed by atoms with E-state index < -0.39 is 0 Å². The molecule has 0 atom stereocenters. The fraction of sp³-hybridized carbons (Fsp3) is 0.188. The first kappa shape index (κ1) is 15.7. The molecule has 2 aromatic rings. The zero-order valence-electron chi connectivity index (χ0n) is 11.5.